The Morgan fingerprint density at radius 2 is 1.68 bits per heavy atom. The van der Waals surface area contributed by atoms with Gasteiger partial charge in [-0.1, -0.05) is 49.7 Å². The van der Waals surface area contributed by atoms with Gasteiger partial charge in [-0.3, -0.25) is 0 Å². The highest BCUT2D eigenvalue weighted by Crippen LogP contribution is 2.46. The summed E-state index contributed by atoms with van der Waals surface area (Å²) in [5.41, 5.74) is 4.17. The smallest absolute Gasteiger partial charge is 0.282 e. The highest BCUT2D eigenvalue weighted by Gasteiger charge is 2.37. The van der Waals surface area contributed by atoms with E-state index in [1.807, 2.05) is 26.1 Å². The number of sulfonamides is 1. The van der Waals surface area contributed by atoms with Gasteiger partial charge in [0.2, 0.25) is 0 Å². The maximum atomic E-state index is 12.3. The molecule has 2 aromatic carbocycles. The zero-order valence-corrected chi connectivity index (χ0v) is 15.7. The summed E-state index contributed by atoms with van der Waals surface area (Å²) in [4.78, 5) is 2.29. The molecule has 0 bridgehead atoms. The van der Waals surface area contributed by atoms with E-state index in [2.05, 4.69) is 35.3 Å². The maximum Gasteiger partial charge on any atom is 0.282 e. The van der Waals surface area contributed by atoms with E-state index in [9.17, 15) is 8.42 Å². The molecule has 1 aliphatic rings. The number of nitrogens with zero attached hydrogens (tertiary/aromatic N) is 2. The van der Waals surface area contributed by atoms with E-state index >= 15 is 0 Å². The first-order chi connectivity index (χ1) is 11.7. The first-order valence-electron chi connectivity index (χ1n) is 8.14. The van der Waals surface area contributed by atoms with Crippen LogP contribution in [0.2, 0.25) is 0 Å². The molecule has 0 atom stereocenters. The molecule has 0 amide bonds. The molecular weight excluding hydrogens is 332 g/mol. The van der Waals surface area contributed by atoms with Crippen LogP contribution in [0.1, 0.15) is 25.0 Å². The van der Waals surface area contributed by atoms with E-state index in [0.717, 1.165) is 16.9 Å². The second-order valence-electron chi connectivity index (χ2n) is 6.80. The number of anilines is 1. The molecule has 3 rings (SSSR count). The molecule has 5 heteroatoms. The standard InChI is InChI=1S/C20H22N2O2S/c1-15-9-11-16(12-10-15)25(23,24)21-14-13-19-20(2,3)17-7-5-6-8-18(17)22(19)4/h5-14H,1-4H3/b19-13-,21-14?. The number of rotatable bonds is 3. The van der Waals surface area contributed by atoms with Gasteiger partial charge in [0.15, 0.2) is 0 Å². The summed E-state index contributed by atoms with van der Waals surface area (Å²) < 4.78 is 28.5. The molecule has 0 N–H and O–H groups in total. The van der Waals surface area contributed by atoms with E-state index < -0.39 is 10.0 Å². The van der Waals surface area contributed by atoms with Crippen molar-refractivity contribution in [2.24, 2.45) is 4.40 Å². The fourth-order valence-corrected chi connectivity index (χ4v) is 4.08. The molecule has 0 saturated heterocycles. The van der Waals surface area contributed by atoms with Gasteiger partial charge in [-0.15, -0.1) is 0 Å². The Kier molecular flexibility index (Phi) is 4.29. The molecule has 130 valence electrons. The van der Waals surface area contributed by atoms with Crippen LogP contribution in [0, 0.1) is 6.92 Å². The number of hydrogen-bond donors (Lipinski definition) is 0. The molecule has 0 fully saturated rings. The molecule has 4 nitrogen and oxygen atoms in total. The van der Waals surface area contributed by atoms with Crippen LogP contribution in [0.15, 0.2) is 69.6 Å². The van der Waals surface area contributed by atoms with Gasteiger partial charge in [-0.05, 0) is 36.8 Å². The van der Waals surface area contributed by atoms with E-state index in [1.54, 1.807) is 30.3 Å². The molecule has 25 heavy (non-hydrogen) atoms. The van der Waals surface area contributed by atoms with Crippen molar-refractivity contribution >= 4 is 21.9 Å². The molecule has 0 radical (unpaired) electrons. The number of fused-ring (bicyclic) bond motifs is 1. The molecule has 0 saturated carbocycles. The fraction of sp³-hybridized carbons (Fsp3) is 0.250. The zero-order valence-electron chi connectivity index (χ0n) is 14.9. The van der Waals surface area contributed by atoms with Crippen molar-refractivity contribution < 1.29 is 8.42 Å². The third-order valence-corrected chi connectivity index (χ3v) is 5.96. The topological polar surface area (TPSA) is 49.7 Å². The molecular formula is C20H22N2O2S. The summed E-state index contributed by atoms with van der Waals surface area (Å²) >= 11 is 0. The van der Waals surface area contributed by atoms with Gasteiger partial charge < -0.3 is 4.90 Å². The molecule has 0 spiro atoms. The van der Waals surface area contributed by atoms with Crippen LogP contribution in [0.4, 0.5) is 5.69 Å². The van der Waals surface area contributed by atoms with Crippen LogP contribution in [-0.4, -0.2) is 21.7 Å². The van der Waals surface area contributed by atoms with Crippen molar-refractivity contribution in [2.75, 3.05) is 11.9 Å². The van der Waals surface area contributed by atoms with Gasteiger partial charge in [0, 0.05) is 30.1 Å². The summed E-state index contributed by atoms with van der Waals surface area (Å²) in [7, 11) is -1.70. The highest BCUT2D eigenvalue weighted by atomic mass is 32.2. The van der Waals surface area contributed by atoms with Gasteiger partial charge in [0.1, 0.15) is 0 Å². The van der Waals surface area contributed by atoms with Crippen LogP contribution in [0.3, 0.4) is 0 Å². The van der Waals surface area contributed by atoms with E-state index in [0.29, 0.717) is 0 Å². The van der Waals surface area contributed by atoms with E-state index in [-0.39, 0.29) is 10.3 Å². The normalized spacial score (nSPS) is 18.1. The Bertz CT molecular complexity index is 955. The zero-order chi connectivity index (χ0) is 18.2. The lowest BCUT2D eigenvalue weighted by Gasteiger charge is -2.23. The first-order valence-corrected chi connectivity index (χ1v) is 9.58. The van der Waals surface area contributed by atoms with Crippen molar-refractivity contribution in [3.8, 4) is 0 Å². The Hall–Kier alpha value is -2.40. The largest absolute Gasteiger partial charge is 0.347 e. The second-order valence-corrected chi connectivity index (χ2v) is 8.43. The van der Waals surface area contributed by atoms with E-state index in [1.165, 1.54) is 11.8 Å². The molecule has 0 unspecified atom stereocenters. The quantitative estimate of drug-likeness (QED) is 0.781. The third-order valence-electron chi connectivity index (χ3n) is 4.69. The Balaban J connectivity index is 1.92. The SMILES string of the molecule is Cc1ccc(S(=O)(=O)N=C/C=C2\N(C)c3ccccc3C2(C)C)cc1. The van der Waals surface area contributed by atoms with Crippen LogP contribution < -0.4 is 4.90 Å². The fourth-order valence-electron chi connectivity index (χ4n) is 3.25. The lowest BCUT2D eigenvalue weighted by Crippen LogP contribution is -2.23. The number of likely N-dealkylation sites (N-methyl/N-ethyl adjacent to an activating group) is 1. The number of hydrogen-bond acceptors (Lipinski definition) is 3. The van der Waals surface area contributed by atoms with Crippen LogP contribution in [-0.2, 0) is 15.4 Å². The summed E-state index contributed by atoms with van der Waals surface area (Å²) in [5, 5.41) is 0. The molecule has 2 aromatic rings. The van der Waals surface area contributed by atoms with Crippen molar-refractivity contribution in [3.05, 3.63) is 71.4 Å². The summed E-state index contributed by atoms with van der Waals surface area (Å²) in [6.07, 6.45) is 3.17. The Labute approximate surface area is 149 Å². The third kappa shape index (κ3) is 3.12. The maximum absolute atomic E-state index is 12.3. The minimum Gasteiger partial charge on any atom is -0.347 e. The van der Waals surface area contributed by atoms with Crippen molar-refractivity contribution in [1.29, 1.82) is 0 Å². The van der Waals surface area contributed by atoms with Crippen LogP contribution >= 0.6 is 0 Å². The monoisotopic (exact) mass is 354 g/mol. The predicted molar refractivity (Wildman–Crippen MR) is 103 cm³/mol. The first kappa shape index (κ1) is 17.4. The summed E-state index contributed by atoms with van der Waals surface area (Å²) in [6, 6.07) is 14.9. The van der Waals surface area contributed by atoms with Gasteiger partial charge in [0.05, 0.1) is 4.90 Å². The minimum absolute atomic E-state index is 0.203. The average molecular weight is 354 g/mol. The number of benzene rings is 2. The average Bonchev–Trinajstić information content (AvgIpc) is 2.76. The lowest BCUT2D eigenvalue weighted by molar-refractivity contribution is 0.598. The molecule has 0 aliphatic carbocycles. The highest BCUT2D eigenvalue weighted by molar-refractivity contribution is 7.90. The van der Waals surface area contributed by atoms with Crippen molar-refractivity contribution in [1.82, 2.24) is 0 Å². The van der Waals surface area contributed by atoms with Crippen molar-refractivity contribution in [3.63, 3.8) is 0 Å². The van der Waals surface area contributed by atoms with Gasteiger partial charge in [0.25, 0.3) is 10.0 Å². The van der Waals surface area contributed by atoms with Gasteiger partial charge in [-0.25, -0.2) is 0 Å². The second kappa shape index (κ2) is 6.15. The number of aryl methyl sites for hydroxylation is 1. The molecule has 1 heterocycles. The van der Waals surface area contributed by atoms with Crippen molar-refractivity contribution in [2.45, 2.75) is 31.1 Å². The number of para-hydroxylation sites is 1. The molecule has 1 aliphatic heterocycles. The minimum atomic E-state index is -3.68. The van der Waals surface area contributed by atoms with Gasteiger partial charge in [-0.2, -0.15) is 12.8 Å². The van der Waals surface area contributed by atoms with E-state index in [4.69, 9.17) is 0 Å². The summed E-state index contributed by atoms with van der Waals surface area (Å²) in [5.74, 6) is 0. The Morgan fingerprint density at radius 1 is 1.04 bits per heavy atom. The van der Waals surface area contributed by atoms with Gasteiger partial charge >= 0.3 is 0 Å². The lowest BCUT2D eigenvalue weighted by atomic mass is 9.84. The summed E-state index contributed by atoms with van der Waals surface area (Å²) in [6.45, 7) is 6.17. The Morgan fingerprint density at radius 3 is 2.32 bits per heavy atom. The van der Waals surface area contributed by atoms with Crippen LogP contribution in [0.5, 0.6) is 0 Å². The predicted octanol–water partition coefficient (Wildman–Crippen LogP) is 4.07. The molecule has 0 aromatic heterocycles. The number of allylic oxidation sites excluding steroid dienone is 2. The van der Waals surface area contributed by atoms with Crippen LogP contribution in [0.25, 0.3) is 0 Å².